The standard InChI is InChI=1S/C11H15N3O/c1-3-5-6-12-10-11(15)14(8-4-2)9-7-13-10/h1,7,9H,4-6,8H2,2H3,(H,12,13). The SMILES string of the molecule is C#CCCNc1nccn(CCC)c1=O. The van der Waals surface area contributed by atoms with E-state index in [1.54, 1.807) is 17.0 Å². The molecular formula is C11H15N3O. The summed E-state index contributed by atoms with van der Waals surface area (Å²) in [7, 11) is 0. The van der Waals surface area contributed by atoms with E-state index in [0.29, 0.717) is 25.3 Å². The quantitative estimate of drug-likeness (QED) is 0.578. The van der Waals surface area contributed by atoms with Crippen molar-refractivity contribution >= 4 is 5.82 Å². The average Bonchev–Trinajstić information content (AvgIpc) is 2.24. The summed E-state index contributed by atoms with van der Waals surface area (Å²) in [5.74, 6) is 2.87. The second-order valence-electron chi connectivity index (χ2n) is 3.16. The molecule has 0 spiro atoms. The Kier molecular flexibility index (Phi) is 4.42. The van der Waals surface area contributed by atoms with Crippen LogP contribution in [0.3, 0.4) is 0 Å². The summed E-state index contributed by atoms with van der Waals surface area (Å²) in [5, 5.41) is 2.93. The van der Waals surface area contributed by atoms with E-state index in [2.05, 4.69) is 16.2 Å². The Balaban J connectivity index is 2.76. The Morgan fingerprint density at radius 1 is 1.67 bits per heavy atom. The van der Waals surface area contributed by atoms with E-state index in [1.807, 2.05) is 6.92 Å². The first-order valence-corrected chi connectivity index (χ1v) is 5.02. The highest BCUT2D eigenvalue weighted by atomic mass is 16.1. The zero-order chi connectivity index (χ0) is 11.1. The van der Waals surface area contributed by atoms with Gasteiger partial charge in [-0.15, -0.1) is 12.3 Å². The van der Waals surface area contributed by atoms with E-state index in [0.717, 1.165) is 6.42 Å². The molecule has 0 bridgehead atoms. The molecule has 1 rings (SSSR count). The summed E-state index contributed by atoms with van der Waals surface area (Å²) >= 11 is 0. The molecule has 0 aromatic carbocycles. The van der Waals surface area contributed by atoms with Crippen molar-refractivity contribution in [2.45, 2.75) is 26.3 Å². The van der Waals surface area contributed by atoms with E-state index in [-0.39, 0.29) is 5.56 Å². The molecule has 0 fully saturated rings. The van der Waals surface area contributed by atoms with E-state index < -0.39 is 0 Å². The van der Waals surface area contributed by atoms with Gasteiger partial charge in [0.2, 0.25) is 0 Å². The third-order valence-corrected chi connectivity index (χ3v) is 1.94. The maximum atomic E-state index is 11.7. The summed E-state index contributed by atoms with van der Waals surface area (Å²) in [5.41, 5.74) is -0.0867. The number of rotatable bonds is 5. The Morgan fingerprint density at radius 3 is 3.13 bits per heavy atom. The molecule has 4 heteroatoms. The van der Waals surface area contributed by atoms with Crippen LogP contribution in [-0.2, 0) is 6.54 Å². The van der Waals surface area contributed by atoms with Crippen LogP contribution in [0, 0.1) is 12.3 Å². The highest BCUT2D eigenvalue weighted by molar-refractivity contribution is 5.30. The van der Waals surface area contributed by atoms with E-state index >= 15 is 0 Å². The molecule has 0 aliphatic carbocycles. The van der Waals surface area contributed by atoms with Gasteiger partial charge in [0.15, 0.2) is 5.82 Å². The third-order valence-electron chi connectivity index (χ3n) is 1.94. The summed E-state index contributed by atoms with van der Waals surface area (Å²) in [6, 6.07) is 0. The molecule has 80 valence electrons. The number of nitrogens with one attached hydrogen (secondary N) is 1. The number of aryl methyl sites for hydroxylation is 1. The van der Waals surface area contributed by atoms with Gasteiger partial charge in [-0.1, -0.05) is 6.92 Å². The lowest BCUT2D eigenvalue weighted by Crippen LogP contribution is -2.24. The molecule has 1 N–H and O–H groups in total. The topological polar surface area (TPSA) is 46.9 Å². The van der Waals surface area contributed by atoms with Gasteiger partial charge < -0.3 is 9.88 Å². The van der Waals surface area contributed by atoms with Crippen LogP contribution in [0.4, 0.5) is 5.82 Å². The fourth-order valence-corrected chi connectivity index (χ4v) is 1.24. The predicted molar refractivity (Wildman–Crippen MR) is 60.7 cm³/mol. The number of aromatic nitrogens is 2. The van der Waals surface area contributed by atoms with Crippen molar-refractivity contribution in [2.24, 2.45) is 0 Å². The molecule has 1 aromatic rings. The molecule has 4 nitrogen and oxygen atoms in total. The maximum Gasteiger partial charge on any atom is 0.293 e. The molecule has 1 heterocycles. The van der Waals surface area contributed by atoms with Crippen LogP contribution in [0.15, 0.2) is 17.2 Å². The van der Waals surface area contributed by atoms with Crippen molar-refractivity contribution in [1.82, 2.24) is 9.55 Å². The largest absolute Gasteiger partial charge is 0.365 e. The first-order valence-electron chi connectivity index (χ1n) is 5.02. The van der Waals surface area contributed by atoms with Crippen LogP contribution in [0.1, 0.15) is 19.8 Å². The zero-order valence-corrected chi connectivity index (χ0v) is 8.86. The Morgan fingerprint density at radius 2 is 2.47 bits per heavy atom. The number of hydrogen-bond acceptors (Lipinski definition) is 3. The monoisotopic (exact) mass is 205 g/mol. The van der Waals surface area contributed by atoms with Crippen LogP contribution in [0.25, 0.3) is 0 Å². The van der Waals surface area contributed by atoms with Crippen molar-refractivity contribution in [2.75, 3.05) is 11.9 Å². The van der Waals surface area contributed by atoms with Gasteiger partial charge in [0.25, 0.3) is 5.56 Å². The van der Waals surface area contributed by atoms with Gasteiger partial charge in [-0.25, -0.2) is 4.98 Å². The van der Waals surface area contributed by atoms with Crippen LogP contribution >= 0.6 is 0 Å². The van der Waals surface area contributed by atoms with Gasteiger partial charge in [0.05, 0.1) is 0 Å². The zero-order valence-electron chi connectivity index (χ0n) is 8.86. The van der Waals surface area contributed by atoms with E-state index in [4.69, 9.17) is 6.42 Å². The van der Waals surface area contributed by atoms with E-state index in [1.165, 1.54) is 0 Å². The molecule has 15 heavy (non-hydrogen) atoms. The second kappa shape index (κ2) is 5.86. The minimum atomic E-state index is -0.0867. The van der Waals surface area contributed by atoms with E-state index in [9.17, 15) is 4.79 Å². The smallest absolute Gasteiger partial charge is 0.293 e. The summed E-state index contributed by atoms with van der Waals surface area (Å²) in [6.45, 7) is 3.32. The third kappa shape index (κ3) is 3.13. The highest BCUT2D eigenvalue weighted by Crippen LogP contribution is 1.94. The molecule has 0 aliphatic heterocycles. The van der Waals surface area contributed by atoms with Gasteiger partial charge in [0.1, 0.15) is 0 Å². The molecule has 0 aliphatic rings. The fraction of sp³-hybridized carbons (Fsp3) is 0.455. The van der Waals surface area contributed by atoms with Crippen molar-refractivity contribution in [3.8, 4) is 12.3 Å². The molecule has 0 atom stereocenters. The van der Waals surface area contributed by atoms with Gasteiger partial charge >= 0.3 is 0 Å². The molecule has 0 saturated heterocycles. The molecular weight excluding hydrogens is 190 g/mol. The van der Waals surface area contributed by atoms with Crippen LogP contribution in [-0.4, -0.2) is 16.1 Å². The Bertz CT molecular complexity index is 403. The summed E-state index contributed by atoms with van der Waals surface area (Å²) in [6.07, 6.45) is 9.94. The van der Waals surface area contributed by atoms with Crippen molar-refractivity contribution in [3.05, 3.63) is 22.7 Å². The summed E-state index contributed by atoms with van der Waals surface area (Å²) in [4.78, 5) is 15.7. The Labute approximate surface area is 89.3 Å². The molecule has 0 radical (unpaired) electrons. The molecule has 0 saturated carbocycles. The number of anilines is 1. The second-order valence-corrected chi connectivity index (χ2v) is 3.16. The van der Waals surface area contributed by atoms with Crippen LogP contribution < -0.4 is 10.9 Å². The van der Waals surface area contributed by atoms with Gasteiger partial charge in [-0.05, 0) is 6.42 Å². The fourth-order valence-electron chi connectivity index (χ4n) is 1.24. The average molecular weight is 205 g/mol. The lowest BCUT2D eigenvalue weighted by atomic mass is 10.4. The van der Waals surface area contributed by atoms with Gasteiger partial charge in [-0.3, -0.25) is 4.79 Å². The van der Waals surface area contributed by atoms with Crippen LogP contribution in [0.5, 0.6) is 0 Å². The maximum absolute atomic E-state index is 11.7. The van der Waals surface area contributed by atoms with Crippen molar-refractivity contribution in [3.63, 3.8) is 0 Å². The van der Waals surface area contributed by atoms with Crippen LogP contribution in [0.2, 0.25) is 0 Å². The number of nitrogens with zero attached hydrogens (tertiary/aromatic N) is 2. The minimum absolute atomic E-state index is 0.0867. The first-order chi connectivity index (χ1) is 7.29. The molecule has 1 aromatic heterocycles. The van der Waals surface area contributed by atoms with Gasteiger partial charge in [-0.2, -0.15) is 0 Å². The highest BCUT2D eigenvalue weighted by Gasteiger charge is 2.02. The molecule has 0 unspecified atom stereocenters. The van der Waals surface area contributed by atoms with Gasteiger partial charge in [0, 0.05) is 31.9 Å². The van der Waals surface area contributed by atoms with Crippen molar-refractivity contribution < 1.29 is 0 Å². The van der Waals surface area contributed by atoms with Crippen molar-refractivity contribution in [1.29, 1.82) is 0 Å². The summed E-state index contributed by atoms with van der Waals surface area (Å²) < 4.78 is 1.64. The number of hydrogen-bond donors (Lipinski definition) is 1. The number of terminal acetylenes is 1. The predicted octanol–water partition coefficient (Wildman–Crippen LogP) is 1.09. The minimum Gasteiger partial charge on any atom is -0.365 e. The lowest BCUT2D eigenvalue weighted by molar-refractivity contribution is 0.649. The lowest BCUT2D eigenvalue weighted by Gasteiger charge is -2.06. The first kappa shape index (κ1) is 11.3. The Hall–Kier alpha value is -1.76. The molecule has 0 amide bonds. The normalized spacial score (nSPS) is 9.60.